The first-order valence-electron chi connectivity index (χ1n) is 10.7. The van der Waals surface area contributed by atoms with Gasteiger partial charge >= 0.3 is 5.69 Å². The predicted molar refractivity (Wildman–Crippen MR) is 128 cm³/mol. The summed E-state index contributed by atoms with van der Waals surface area (Å²) in [7, 11) is 1.60. The summed E-state index contributed by atoms with van der Waals surface area (Å²) in [6.45, 7) is 1.75. The lowest BCUT2D eigenvalue weighted by atomic mass is 9.98. The summed E-state index contributed by atoms with van der Waals surface area (Å²) >= 11 is 0. The van der Waals surface area contributed by atoms with Crippen LogP contribution in [-0.4, -0.2) is 22.2 Å². The minimum absolute atomic E-state index is 0.209. The van der Waals surface area contributed by atoms with Crippen molar-refractivity contribution in [2.24, 2.45) is 0 Å². The fourth-order valence-corrected chi connectivity index (χ4v) is 3.95. The van der Waals surface area contributed by atoms with E-state index >= 15 is 0 Å². The van der Waals surface area contributed by atoms with Crippen LogP contribution in [-0.2, 0) is 17.9 Å². The summed E-state index contributed by atoms with van der Waals surface area (Å²) in [6.07, 6.45) is 0. The second kappa shape index (κ2) is 9.56. The van der Waals surface area contributed by atoms with E-state index in [0.717, 1.165) is 21.4 Å². The quantitative estimate of drug-likeness (QED) is 0.476. The number of para-hydroxylation sites is 1. The summed E-state index contributed by atoms with van der Waals surface area (Å²) in [5.74, 6) is 0.380. The molecule has 4 rings (SSSR count). The van der Waals surface area contributed by atoms with E-state index < -0.39 is 11.7 Å². The van der Waals surface area contributed by atoms with E-state index in [0.29, 0.717) is 10.9 Å². The van der Waals surface area contributed by atoms with Gasteiger partial charge in [0.25, 0.3) is 5.56 Å². The molecule has 0 radical (unpaired) electrons. The Bertz CT molecular complexity index is 1390. The fraction of sp³-hybridized carbons (Fsp3) is 0.192. The molecule has 7 heteroatoms. The van der Waals surface area contributed by atoms with E-state index in [4.69, 9.17) is 4.74 Å². The van der Waals surface area contributed by atoms with Gasteiger partial charge in [0.1, 0.15) is 12.3 Å². The van der Waals surface area contributed by atoms with Crippen LogP contribution in [0.1, 0.15) is 24.1 Å². The number of carbonyl (C=O) groups excluding carboxylic acids is 1. The van der Waals surface area contributed by atoms with Crippen LogP contribution in [0.5, 0.6) is 5.75 Å². The largest absolute Gasteiger partial charge is 0.497 e. The Morgan fingerprint density at radius 2 is 1.52 bits per heavy atom. The smallest absolute Gasteiger partial charge is 0.331 e. The Morgan fingerprint density at radius 1 is 0.879 bits per heavy atom. The lowest BCUT2D eigenvalue weighted by Gasteiger charge is -2.21. The number of rotatable bonds is 7. The summed E-state index contributed by atoms with van der Waals surface area (Å²) in [6, 6.07) is 23.5. The van der Waals surface area contributed by atoms with E-state index in [-0.39, 0.29) is 24.6 Å². The first-order chi connectivity index (χ1) is 16.0. The van der Waals surface area contributed by atoms with Gasteiger partial charge in [0.2, 0.25) is 5.91 Å². The molecule has 3 aromatic carbocycles. The Morgan fingerprint density at radius 3 is 2.18 bits per heavy atom. The van der Waals surface area contributed by atoms with Gasteiger partial charge in [0, 0.05) is 6.54 Å². The molecule has 1 aromatic heterocycles. The third kappa shape index (κ3) is 4.43. The number of hydrogen-bond donors (Lipinski definition) is 1. The van der Waals surface area contributed by atoms with Gasteiger partial charge in [-0.2, -0.15) is 0 Å². The number of benzene rings is 3. The Kier molecular flexibility index (Phi) is 6.40. The molecule has 0 fully saturated rings. The molecular formula is C26H25N3O4. The highest BCUT2D eigenvalue weighted by atomic mass is 16.5. The van der Waals surface area contributed by atoms with Crippen LogP contribution in [0.4, 0.5) is 0 Å². The molecule has 1 N–H and O–H groups in total. The molecule has 33 heavy (non-hydrogen) atoms. The van der Waals surface area contributed by atoms with Crippen molar-refractivity contribution in [1.29, 1.82) is 0 Å². The Labute approximate surface area is 190 Å². The van der Waals surface area contributed by atoms with Gasteiger partial charge in [-0.1, -0.05) is 54.6 Å². The van der Waals surface area contributed by atoms with Gasteiger partial charge in [0.05, 0.1) is 24.1 Å². The van der Waals surface area contributed by atoms with Gasteiger partial charge in [0.15, 0.2) is 0 Å². The second-order valence-electron chi connectivity index (χ2n) is 7.62. The molecule has 168 valence electrons. The van der Waals surface area contributed by atoms with Crippen LogP contribution < -0.4 is 21.3 Å². The predicted octanol–water partition coefficient (Wildman–Crippen LogP) is 3.10. The Balaban J connectivity index is 1.71. The maximum atomic E-state index is 13.2. The first-order valence-corrected chi connectivity index (χ1v) is 10.7. The minimum atomic E-state index is -0.503. The van der Waals surface area contributed by atoms with Gasteiger partial charge in [-0.15, -0.1) is 0 Å². The van der Waals surface area contributed by atoms with Crippen molar-refractivity contribution in [1.82, 2.24) is 14.5 Å². The molecule has 0 bridgehead atoms. The SMILES string of the molecule is CCn1c(=O)c2ccccc2n(CC(=O)NC(c2ccccc2)c2ccc(OC)cc2)c1=O. The van der Waals surface area contributed by atoms with Crippen LogP contribution in [0.25, 0.3) is 10.9 Å². The summed E-state index contributed by atoms with van der Waals surface area (Å²) < 4.78 is 7.75. The number of aromatic nitrogens is 2. The molecule has 0 spiro atoms. The number of carbonyl (C=O) groups is 1. The standard InChI is InChI=1S/C26H25N3O4/c1-3-28-25(31)21-11-7-8-12-22(21)29(26(28)32)17-23(30)27-24(18-9-5-4-6-10-18)19-13-15-20(33-2)16-14-19/h4-16,24H,3,17H2,1-2H3,(H,27,30). The van der Waals surface area contributed by atoms with E-state index in [9.17, 15) is 14.4 Å². The number of fused-ring (bicyclic) bond motifs is 1. The first kappa shape index (κ1) is 22.1. The van der Waals surface area contributed by atoms with Crippen molar-refractivity contribution >= 4 is 16.8 Å². The summed E-state index contributed by atoms with van der Waals surface area (Å²) in [5.41, 5.74) is 1.37. The lowest BCUT2D eigenvalue weighted by Crippen LogP contribution is -2.42. The summed E-state index contributed by atoms with van der Waals surface area (Å²) in [4.78, 5) is 38.8. The van der Waals surface area contributed by atoms with E-state index in [1.807, 2.05) is 54.6 Å². The second-order valence-corrected chi connectivity index (χ2v) is 7.62. The van der Waals surface area contributed by atoms with Crippen molar-refractivity contribution < 1.29 is 9.53 Å². The van der Waals surface area contributed by atoms with E-state index in [1.165, 1.54) is 4.57 Å². The third-order valence-electron chi connectivity index (χ3n) is 5.64. The highest BCUT2D eigenvalue weighted by Gasteiger charge is 2.19. The molecule has 0 saturated heterocycles. The number of nitrogens with zero attached hydrogens (tertiary/aromatic N) is 2. The molecular weight excluding hydrogens is 418 g/mol. The van der Waals surface area contributed by atoms with Crippen molar-refractivity contribution in [2.75, 3.05) is 7.11 Å². The number of nitrogens with one attached hydrogen (secondary N) is 1. The molecule has 1 unspecified atom stereocenters. The number of ether oxygens (including phenoxy) is 1. The van der Waals surface area contributed by atoms with Crippen LogP contribution in [0.15, 0.2) is 88.5 Å². The maximum Gasteiger partial charge on any atom is 0.331 e. The summed E-state index contributed by atoms with van der Waals surface area (Å²) in [5, 5.41) is 3.46. The monoisotopic (exact) mass is 443 g/mol. The Hall–Kier alpha value is -4.13. The van der Waals surface area contributed by atoms with Gasteiger partial charge in [-0.3, -0.25) is 18.7 Å². The number of methoxy groups -OCH3 is 1. The van der Waals surface area contributed by atoms with Crippen molar-refractivity contribution in [3.63, 3.8) is 0 Å². The normalized spacial score (nSPS) is 11.8. The molecule has 0 aliphatic rings. The molecule has 0 aliphatic carbocycles. The van der Waals surface area contributed by atoms with Crippen molar-refractivity contribution in [3.05, 3.63) is 111 Å². The molecule has 4 aromatic rings. The van der Waals surface area contributed by atoms with Crippen LogP contribution >= 0.6 is 0 Å². The van der Waals surface area contributed by atoms with E-state index in [1.54, 1.807) is 38.3 Å². The average molecular weight is 444 g/mol. The third-order valence-corrected chi connectivity index (χ3v) is 5.64. The number of hydrogen-bond acceptors (Lipinski definition) is 4. The van der Waals surface area contributed by atoms with Gasteiger partial charge in [-0.25, -0.2) is 4.79 Å². The fourth-order valence-electron chi connectivity index (χ4n) is 3.95. The van der Waals surface area contributed by atoms with E-state index in [2.05, 4.69) is 5.32 Å². The van der Waals surface area contributed by atoms with Crippen molar-refractivity contribution in [2.45, 2.75) is 26.1 Å². The van der Waals surface area contributed by atoms with Crippen molar-refractivity contribution in [3.8, 4) is 5.75 Å². The molecule has 1 heterocycles. The molecule has 0 aliphatic heterocycles. The number of amides is 1. The lowest BCUT2D eigenvalue weighted by molar-refractivity contribution is -0.122. The molecule has 1 amide bonds. The topological polar surface area (TPSA) is 82.3 Å². The zero-order valence-electron chi connectivity index (χ0n) is 18.5. The highest BCUT2D eigenvalue weighted by Crippen LogP contribution is 2.24. The molecule has 7 nitrogen and oxygen atoms in total. The zero-order valence-corrected chi connectivity index (χ0v) is 18.5. The van der Waals surface area contributed by atoms with Crippen LogP contribution in [0.3, 0.4) is 0 Å². The van der Waals surface area contributed by atoms with Gasteiger partial charge in [-0.05, 0) is 42.3 Å². The average Bonchev–Trinajstić information content (AvgIpc) is 2.86. The molecule has 0 saturated carbocycles. The van der Waals surface area contributed by atoms with Crippen LogP contribution in [0.2, 0.25) is 0 Å². The minimum Gasteiger partial charge on any atom is -0.497 e. The maximum absolute atomic E-state index is 13.2. The van der Waals surface area contributed by atoms with Crippen LogP contribution in [0, 0.1) is 0 Å². The van der Waals surface area contributed by atoms with Gasteiger partial charge < -0.3 is 10.1 Å². The highest BCUT2D eigenvalue weighted by molar-refractivity contribution is 5.82. The zero-order chi connectivity index (χ0) is 23.4. The molecule has 1 atom stereocenters.